The van der Waals surface area contributed by atoms with E-state index in [9.17, 15) is 4.79 Å². The molecule has 1 aliphatic heterocycles. The maximum absolute atomic E-state index is 11.8. The molecule has 2 aromatic carbocycles. The molecule has 1 aliphatic rings. The summed E-state index contributed by atoms with van der Waals surface area (Å²) in [6, 6.07) is 14.7. The summed E-state index contributed by atoms with van der Waals surface area (Å²) in [4.78, 5) is 11.8. The van der Waals surface area contributed by atoms with Crippen LogP contribution in [0.5, 0.6) is 5.75 Å². The van der Waals surface area contributed by atoms with E-state index in [1.807, 2.05) is 55.5 Å². The van der Waals surface area contributed by atoms with Crippen molar-refractivity contribution in [2.24, 2.45) is 5.73 Å². The van der Waals surface area contributed by atoms with Gasteiger partial charge in [0.05, 0.1) is 13.2 Å². The van der Waals surface area contributed by atoms with Gasteiger partial charge in [-0.05, 0) is 36.2 Å². The lowest BCUT2D eigenvalue weighted by atomic mass is 10.1. The molecule has 0 radical (unpaired) electrons. The molecule has 2 aromatic rings. The Balaban J connectivity index is 1.72. The van der Waals surface area contributed by atoms with E-state index in [0.29, 0.717) is 0 Å². The van der Waals surface area contributed by atoms with Crippen LogP contribution in [0.2, 0.25) is 0 Å². The molecule has 3 N–H and O–H groups in total. The summed E-state index contributed by atoms with van der Waals surface area (Å²) >= 11 is 0. The molecule has 0 bridgehead atoms. The molecule has 0 saturated carbocycles. The molecule has 25 heavy (non-hydrogen) atoms. The number of benzene rings is 2. The maximum Gasteiger partial charge on any atom is 0.244 e. The first kappa shape index (κ1) is 17.3. The standard InChI is InChI=1S/C20H24N2O3/c1-14-13-16(7-8-18(14)25-17-9-11-24-12-10-17)22-19(20(21)23)15-5-3-2-4-6-15/h2-8,13,17,19,22H,9-12H2,1H3,(H2,21,23)/t19-/m0/s1. The van der Waals surface area contributed by atoms with Gasteiger partial charge in [-0.25, -0.2) is 0 Å². The zero-order valence-electron chi connectivity index (χ0n) is 14.4. The maximum atomic E-state index is 11.8. The predicted octanol–water partition coefficient (Wildman–Crippen LogP) is 3.19. The van der Waals surface area contributed by atoms with Crippen molar-refractivity contribution in [1.29, 1.82) is 0 Å². The Morgan fingerprint density at radius 1 is 1.20 bits per heavy atom. The first-order chi connectivity index (χ1) is 12.1. The second-order valence-corrected chi connectivity index (χ2v) is 6.30. The first-order valence-electron chi connectivity index (χ1n) is 8.59. The molecule has 0 spiro atoms. The minimum Gasteiger partial charge on any atom is -0.490 e. The van der Waals surface area contributed by atoms with Crippen LogP contribution in [0, 0.1) is 6.92 Å². The van der Waals surface area contributed by atoms with Gasteiger partial charge in [0.15, 0.2) is 0 Å². The van der Waals surface area contributed by atoms with E-state index in [4.69, 9.17) is 15.2 Å². The van der Waals surface area contributed by atoms with Crippen LogP contribution < -0.4 is 15.8 Å². The zero-order chi connectivity index (χ0) is 17.6. The number of nitrogens with one attached hydrogen (secondary N) is 1. The minimum atomic E-state index is -0.567. The summed E-state index contributed by atoms with van der Waals surface area (Å²) in [6.07, 6.45) is 2.03. The quantitative estimate of drug-likeness (QED) is 0.847. The highest BCUT2D eigenvalue weighted by molar-refractivity contribution is 5.84. The Hall–Kier alpha value is -2.53. The summed E-state index contributed by atoms with van der Waals surface area (Å²) in [5.74, 6) is 0.458. The zero-order valence-corrected chi connectivity index (χ0v) is 14.4. The number of carbonyl (C=O) groups is 1. The smallest absolute Gasteiger partial charge is 0.244 e. The Bertz CT molecular complexity index is 712. The van der Waals surface area contributed by atoms with Gasteiger partial charge >= 0.3 is 0 Å². The lowest BCUT2D eigenvalue weighted by molar-refractivity contribution is -0.118. The molecule has 1 fully saturated rings. The summed E-state index contributed by atoms with van der Waals surface area (Å²) in [5.41, 5.74) is 8.27. The van der Waals surface area contributed by atoms with Gasteiger partial charge in [-0.2, -0.15) is 0 Å². The van der Waals surface area contributed by atoms with E-state index in [0.717, 1.165) is 48.6 Å². The molecule has 1 amide bonds. The van der Waals surface area contributed by atoms with Crippen LogP contribution in [0.15, 0.2) is 48.5 Å². The highest BCUT2D eigenvalue weighted by Crippen LogP contribution is 2.27. The van der Waals surface area contributed by atoms with Crippen LogP contribution in [-0.2, 0) is 9.53 Å². The minimum absolute atomic E-state index is 0.203. The molecule has 0 aliphatic carbocycles. The third-order valence-electron chi connectivity index (χ3n) is 4.37. The van der Waals surface area contributed by atoms with Crippen LogP contribution in [0.4, 0.5) is 5.69 Å². The second kappa shape index (κ2) is 8.03. The molecule has 5 heteroatoms. The van der Waals surface area contributed by atoms with E-state index in [-0.39, 0.29) is 6.10 Å². The van der Waals surface area contributed by atoms with Gasteiger partial charge in [0.25, 0.3) is 0 Å². The number of ether oxygens (including phenoxy) is 2. The normalized spacial score (nSPS) is 16.2. The first-order valence-corrected chi connectivity index (χ1v) is 8.59. The molecule has 1 heterocycles. The number of nitrogens with two attached hydrogens (primary N) is 1. The fourth-order valence-corrected chi connectivity index (χ4v) is 2.98. The monoisotopic (exact) mass is 340 g/mol. The average Bonchev–Trinajstić information content (AvgIpc) is 2.63. The number of anilines is 1. The third kappa shape index (κ3) is 4.51. The van der Waals surface area contributed by atoms with Gasteiger partial charge in [0, 0.05) is 18.5 Å². The van der Waals surface area contributed by atoms with Gasteiger partial charge in [0.1, 0.15) is 17.9 Å². The largest absolute Gasteiger partial charge is 0.490 e. The van der Waals surface area contributed by atoms with Gasteiger partial charge < -0.3 is 20.5 Å². The predicted molar refractivity (Wildman–Crippen MR) is 97.6 cm³/mol. The molecular weight excluding hydrogens is 316 g/mol. The molecule has 0 unspecified atom stereocenters. The van der Waals surface area contributed by atoms with E-state index >= 15 is 0 Å². The molecule has 1 atom stereocenters. The topological polar surface area (TPSA) is 73.6 Å². The van der Waals surface area contributed by atoms with Crippen molar-refractivity contribution in [2.75, 3.05) is 18.5 Å². The van der Waals surface area contributed by atoms with Crippen molar-refractivity contribution < 1.29 is 14.3 Å². The van der Waals surface area contributed by atoms with Crippen molar-refractivity contribution in [3.8, 4) is 5.75 Å². The Morgan fingerprint density at radius 2 is 1.92 bits per heavy atom. The van der Waals surface area contributed by atoms with Gasteiger partial charge in [-0.15, -0.1) is 0 Å². The van der Waals surface area contributed by atoms with Gasteiger partial charge in [-0.1, -0.05) is 30.3 Å². The van der Waals surface area contributed by atoms with Crippen molar-refractivity contribution in [3.05, 3.63) is 59.7 Å². The number of rotatable bonds is 6. The lowest BCUT2D eigenvalue weighted by Crippen LogP contribution is -2.28. The highest BCUT2D eigenvalue weighted by Gasteiger charge is 2.19. The summed E-state index contributed by atoms with van der Waals surface area (Å²) < 4.78 is 11.4. The average molecular weight is 340 g/mol. The van der Waals surface area contributed by atoms with Gasteiger partial charge in [0.2, 0.25) is 5.91 Å². The molecule has 132 valence electrons. The van der Waals surface area contributed by atoms with E-state index in [1.165, 1.54) is 0 Å². The van der Waals surface area contributed by atoms with Crippen LogP contribution in [0.25, 0.3) is 0 Å². The molecule has 5 nitrogen and oxygen atoms in total. The van der Waals surface area contributed by atoms with Crippen molar-refractivity contribution in [3.63, 3.8) is 0 Å². The van der Waals surface area contributed by atoms with E-state index < -0.39 is 11.9 Å². The number of amides is 1. The SMILES string of the molecule is Cc1cc(N[C@H](C(N)=O)c2ccccc2)ccc1OC1CCOCC1. The molecule has 1 saturated heterocycles. The van der Waals surface area contributed by atoms with Crippen LogP contribution in [0.3, 0.4) is 0 Å². The summed E-state index contributed by atoms with van der Waals surface area (Å²) in [6.45, 7) is 3.50. The van der Waals surface area contributed by atoms with Crippen molar-refractivity contribution in [1.82, 2.24) is 0 Å². The van der Waals surface area contributed by atoms with E-state index in [1.54, 1.807) is 0 Å². The second-order valence-electron chi connectivity index (χ2n) is 6.30. The van der Waals surface area contributed by atoms with Crippen LogP contribution >= 0.6 is 0 Å². The fourth-order valence-electron chi connectivity index (χ4n) is 2.98. The van der Waals surface area contributed by atoms with Crippen molar-refractivity contribution >= 4 is 11.6 Å². The number of hydrogen-bond acceptors (Lipinski definition) is 4. The Morgan fingerprint density at radius 3 is 2.56 bits per heavy atom. The highest BCUT2D eigenvalue weighted by atomic mass is 16.5. The summed E-state index contributed by atoms with van der Waals surface area (Å²) in [5, 5.41) is 3.22. The fraction of sp³-hybridized carbons (Fsp3) is 0.350. The molecule has 3 rings (SSSR count). The van der Waals surface area contributed by atoms with Crippen LogP contribution in [-0.4, -0.2) is 25.2 Å². The number of aryl methyl sites for hydroxylation is 1. The molecule has 0 aromatic heterocycles. The number of primary amides is 1. The number of hydrogen-bond donors (Lipinski definition) is 2. The number of carbonyl (C=O) groups excluding carboxylic acids is 1. The molecular formula is C20H24N2O3. The Kier molecular flexibility index (Phi) is 5.56. The van der Waals surface area contributed by atoms with Gasteiger partial charge in [-0.3, -0.25) is 4.79 Å². The van der Waals surface area contributed by atoms with Crippen LogP contribution in [0.1, 0.15) is 30.0 Å². The Labute approximate surface area is 148 Å². The third-order valence-corrected chi connectivity index (χ3v) is 4.37. The summed E-state index contributed by atoms with van der Waals surface area (Å²) in [7, 11) is 0. The van der Waals surface area contributed by atoms with Crippen molar-refractivity contribution in [2.45, 2.75) is 31.9 Å². The van der Waals surface area contributed by atoms with E-state index in [2.05, 4.69) is 5.32 Å². The lowest BCUT2D eigenvalue weighted by Gasteiger charge is -2.24.